The van der Waals surface area contributed by atoms with Crippen molar-refractivity contribution in [3.63, 3.8) is 0 Å². The van der Waals surface area contributed by atoms with Crippen LogP contribution >= 0.6 is 0 Å². The average molecular weight is 537 g/mol. The summed E-state index contributed by atoms with van der Waals surface area (Å²) in [5.74, 6) is -0.515. The highest BCUT2D eigenvalue weighted by atomic mass is 19.1. The van der Waals surface area contributed by atoms with Gasteiger partial charge in [0.15, 0.2) is 11.6 Å². The van der Waals surface area contributed by atoms with Crippen molar-refractivity contribution in [3.8, 4) is 11.3 Å². The molecule has 10 nitrogen and oxygen atoms in total. The van der Waals surface area contributed by atoms with Gasteiger partial charge in [0.1, 0.15) is 17.0 Å². The van der Waals surface area contributed by atoms with E-state index in [4.69, 9.17) is 4.74 Å². The monoisotopic (exact) mass is 536 g/mol. The van der Waals surface area contributed by atoms with Crippen LogP contribution in [0.2, 0.25) is 0 Å². The lowest BCUT2D eigenvalue weighted by molar-refractivity contribution is 0.0778. The van der Waals surface area contributed by atoms with Gasteiger partial charge >= 0.3 is 6.09 Å². The molecule has 5 rings (SSSR count). The largest absolute Gasteiger partial charge is 0.450 e. The summed E-state index contributed by atoms with van der Waals surface area (Å²) in [6, 6.07) is 6.64. The summed E-state index contributed by atoms with van der Waals surface area (Å²) < 4.78 is 34.6. The van der Waals surface area contributed by atoms with E-state index in [2.05, 4.69) is 35.4 Å². The minimum Gasteiger partial charge on any atom is -0.450 e. The molecule has 2 N–H and O–H groups in total. The Kier molecular flexibility index (Phi) is 7.64. The number of hydrogen-bond donors (Lipinski definition) is 2. The summed E-state index contributed by atoms with van der Waals surface area (Å²) in [5.41, 5.74) is 2.25. The molecule has 0 radical (unpaired) electrons. The second-order valence-electron chi connectivity index (χ2n) is 9.68. The van der Waals surface area contributed by atoms with Crippen LogP contribution in [0.3, 0.4) is 0 Å². The van der Waals surface area contributed by atoms with E-state index in [9.17, 15) is 13.6 Å². The molecule has 1 aromatic carbocycles. The fraction of sp³-hybridized carbons (Fsp3) is 0.370. The number of fused-ring (bicyclic) bond motifs is 1. The highest BCUT2D eigenvalue weighted by molar-refractivity contribution is 5.87. The molecule has 12 heteroatoms. The summed E-state index contributed by atoms with van der Waals surface area (Å²) in [4.78, 5) is 28.6. The van der Waals surface area contributed by atoms with Gasteiger partial charge in [-0.2, -0.15) is 5.10 Å². The molecular weight excluding hydrogens is 506 g/mol. The maximum absolute atomic E-state index is 14.8. The van der Waals surface area contributed by atoms with Gasteiger partial charge in [-0.05, 0) is 36.6 Å². The number of H-pyrrole nitrogens is 1. The van der Waals surface area contributed by atoms with Crippen molar-refractivity contribution >= 4 is 28.8 Å². The summed E-state index contributed by atoms with van der Waals surface area (Å²) in [5, 5.41) is 10.5. The molecule has 1 aliphatic rings. The van der Waals surface area contributed by atoms with Crippen LogP contribution in [0, 0.1) is 11.6 Å². The smallest absolute Gasteiger partial charge is 0.409 e. The van der Waals surface area contributed by atoms with Gasteiger partial charge in [-0.25, -0.2) is 28.5 Å². The quantitative estimate of drug-likeness (QED) is 0.345. The van der Waals surface area contributed by atoms with Crippen LogP contribution in [0.15, 0.2) is 36.7 Å². The molecule has 0 unspecified atom stereocenters. The van der Waals surface area contributed by atoms with E-state index in [1.807, 2.05) is 19.9 Å². The number of aromatic amines is 1. The van der Waals surface area contributed by atoms with Crippen molar-refractivity contribution in [1.82, 2.24) is 34.9 Å². The molecule has 0 bridgehead atoms. The van der Waals surface area contributed by atoms with Crippen LogP contribution < -0.4 is 5.32 Å². The number of piperazine rings is 1. The number of carbonyl (C=O) groups excluding carboxylic acids is 1. The minimum absolute atomic E-state index is 0.0252. The molecule has 0 atom stereocenters. The van der Waals surface area contributed by atoms with Crippen molar-refractivity contribution in [2.24, 2.45) is 0 Å². The third-order valence-corrected chi connectivity index (χ3v) is 6.61. The third kappa shape index (κ3) is 5.80. The fourth-order valence-corrected chi connectivity index (χ4v) is 4.57. The average Bonchev–Trinajstić information content (AvgIpc) is 3.36. The molecular formula is C27H30F2N8O2. The molecule has 0 spiro atoms. The Labute approximate surface area is 224 Å². The Bertz CT molecular complexity index is 1470. The first-order chi connectivity index (χ1) is 18.8. The van der Waals surface area contributed by atoms with Gasteiger partial charge in [-0.15, -0.1) is 0 Å². The normalized spacial score (nSPS) is 14.3. The number of nitrogens with zero attached hydrogens (tertiary/aromatic N) is 6. The number of aromatic nitrogens is 5. The number of pyridine rings is 1. The van der Waals surface area contributed by atoms with Crippen LogP contribution in [-0.2, 0) is 11.3 Å². The molecule has 39 heavy (non-hydrogen) atoms. The second-order valence-corrected chi connectivity index (χ2v) is 9.68. The lowest BCUT2D eigenvalue weighted by atomic mass is 10.0. The highest BCUT2D eigenvalue weighted by Gasteiger charge is 2.22. The molecule has 1 aliphatic heterocycles. The van der Waals surface area contributed by atoms with E-state index < -0.39 is 11.6 Å². The van der Waals surface area contributed by atoms with Gasteiger partial charge < -0.3 is 15.0 Å². The van der Waals surface area contributed by atoms with Crippen molar-refractivity contribution in [2.75, 3.05) is 38.1 Å². The van der Waals surface area contributed by atoms with E-state index in [0.717, 1.165) is 30.5 Å². The fourth-order valence-electron chi connectivity index (χ4n) is 4.57. The van der Waals surface area contributed by atoms with Gasteiger partial charge in [-0.1, -0.05) is 19.9 Å². The molecule has 4 aromatic rings. The number of benzene rings is 1. The van der Waals surface area contributed by atoms with Crippen LogP contribution in [0.25, 0.3) is 22.2 Å². The number of ether oxygens (including phenoxy) is 1. The van der Waals surface area contributed by atoms with Crippen molar-refractivity contribution in [2.45, 2.75) is 33.2 Å². The van der Waals surface area contributed by atoms with Gasteiger partial charge in [0.25, 0.3) is 0 Å². The molecule has 0 aliphatic carbocycles. The Morgan fingerprint density at radius 3 is 2.59 bits per heavy atom. The lowest BCUT2D eigenvalue weighted by Gasteiger charge is -2.33. The maximum Gasteiger partial charge on any atom is 0.409 e. The predicted octanol–water partition coefficient (Wildman–Crippen LogP) is 4.83. The Balaban J connectivity index is 1.27. The van der Waals surface area contributed by atoms with E-state index >= 15 is 0 Å². The van der Waals surface area contributed by atoms with E-state index in [0.29, 0.717) is 37.4 Å². The van der Waals surface area contributed by atoms with E-state index in [1.165, 1.54) is 6.07 Å². The number of hydrogen-bond acceptors (Lipinski definition) is 8. The Hall–Kier alpha value is -4.19. The van der Waals surface area contributed by atoms with E-state index in [1.54, 1.807) is 30.2 Å². The molecule has 4 heterocycles. The van der Waals surface area contributed by atoms with Gasteiger partial charge in [0.2, 0.25) is 5.95 Å². The Morgan fingerprint density at radius 2 is 1.90 bits per heavy atom. The summed E-state index contributed by atoms with van der Waals surface area (Å²) in [6.45, 7) is 9.52. The Morgan fingerprint density at radius 1 is 1.10 bits per heavy atom. The van der Waals surface area contributed by atoms with Crippen LogP contribution in [0.1, 0.15) is 37.9 Å². The zero-order valence-corrected chi connectivity index (χ0v) is 22.0. The molecule has 0 saturated carbocycles. The molecule has 1 amide bonds. The van der Waals surface area contributed by atoms with Crippen molar-refractivity contribution in [1.29, 1.82) is 0 Å². The van der Waals surface area contributed by atoms with Crippen molar-refractivity contribution in [3.05, 3.63) is 59.6 Å². The third-order valence-electron chi connectivity index (χ3n) is 6.61. The highest BCUT2D eigenvalue weighted by Crippen LogP contribution is 2.31. The minimum atomic E-state index is -0.666. The molecule has 1 saturated heterocycles. The zero-order chi connectivity index (χ0) is 27.5. The van der Waals surface area contributed by atoms with Crippen LogP contribution in [-0.4, -0.2) is 73.8 Å². The first kappa shape index (κ1) is 26.4. The van der Waals surface area contributed by atoms with E-state index in [-0.39, 0.29) is 34.7 Å². The predicted molar refractivity (Wildman–Crippen MR) is 143 cm³/mol. The van der Waals surface area contributed by atoms with Crippen LogP contribution in [0.4, 0.5) is 25.3 Å². The van der Waals surface area contributed by atoms with Gasteiger partial charge in [0, 0.05) is 55.6 Å². The summed E-state index contributed by atoms with van der Waals surface area (Å²) >= 11 is 0. The number of anilines is 2. The number of nitrogens with one attached hydrogen (secondary N) is 2. The maximum atomic E-state index is 14.8. The molecule has 204 valence electrons. The summed E-state index contributed by atoms with van der Waals surface area (Å²) in [6.07, 6.45) is 2.53. The lowest BCUT2D eigenvalue weighted by Crippen LogP contribution is -2.48. The number of carbonyl (C=O) groups is 1. The molecule has 3 aromatic heterocycles. The topological polar surface area (TPSA) is 112 Å². The van der Waals surface area contributed by atoms with Gasteiger partial charge in [-0.3, -0.25) is 10.00 Å². The standard InChI is InChI=1S/C27H30F2N8O2/c1-4-39-27(38)37-9-7-36(8-10-37)15-17-5-6-22(30-13-17)32-26-31-14-21(29)24(33-26)18-11-19-23(16(2)3)34-35-25(19)20(28)12-18/h5-6,11-14,16H,4,7-10,15H2,1-3H3,(H,34,35)(H,30,31,32,33). The SMILES string of the molecule is CCOC(=O)N1CCN(Cc2ccc(Nc3ncc(F)c(-c4cc(F)c5n[nH]c(C(C)C)c5c4)n3)nc2)CC1. The van der Waals surface area contributed by atoms with Crippen molar-refractivity contribution < 1.29 is 18.3 Å². The van der Waals surface area contributed by atoms with Crippen LogP contribution in [0.5, 0.6) is 0 Å². The summed E-state index contributed by atoms with van der Waals surface area (Å²) in [7, 11) is 0. The number of amides is 1. The molecule has 1 fully saturated rings. The number of halogens is 2. The second kappa shape index (κ2) is 11.3. The zero-order valence-electron chi connectivity index (χ0n) is 22.0. The first-order valence-corrected chi connectivity index (χ1v) is 12.9. The van der Waals surface area contributed by atoms with Gasteiger partial charge in [0.05, 0.1) is 12.8 Å². The number of rotatable bonds is 7. The first-order valence-electron chi connectivity index (χ1n) is 12.9.